The number of hydrogen-bond donors (Lipinski definition) is 2. The number of carbonyl (C=O) groups excluding carboxylic acids is 1. The molecule has 2 aromatic rings. The minimum atomic E-state index is -1.02. The summed E-state index contributed by atoms with van der Waals surface area (Å²) in [6.45, 7) is 3.96. The third-order valence-electron chi connectivity index (χ3n) is 4.07. The van der Waals surface area contributed by atoms with Gasteiger partial charge in [-0.25, -0.2) is 4.79 Å². The van der Waals surface area contributed by atoms with E-state index in [1.807, 2.05) is 74.5 Å². The van der Waals surface area contributed by atoms with Crippen LogP contribution in [0.15, 0.2) is 60.7 Å². The molecule has 2 rings (SSSR count). The first-order valence-corrected chi connectivity index (χ1v) is 8.00. The number of carbonyl (C=O) groups is 2. The first-order chi connectivity index (χ1) is 11.4. The Kier molecular flexibility index (Phi) is 5.74. The van der Waals surface area contributed by atoms with Crippen LogP contribution < -0.4 is 5.32 Å². The molecule has 0 saturated carbocycles. The minimum Gasteiger partial charge on any atom is -0.480 e. The van der Waals surface area contributed by atoms with Gasteiger partial charge < -0.3 is 10.4 Å². The third-order valence-corrected chi connectivity index (χ3v) is 4.07. The molecular formula is C20H23NO3. The lowest BCUT2D eigenvalue weighted by atomic mass is 9.81. The maximum atomic E-state index is 12.4. The molecule has 0 spiro atoms. The highest BCUT2D eigenvalue weighted by atomic mass is 16.4. The van der Waals surface area contributed by atoms with E-state index in [1.54, 1.807) is 0 Å². The maximum Gasteiger partial charge on any atom is 0.326 e. The number of carboxylic acid groups (broad SMARTS) is 1. The monoisotopic (exact) mass is 325 g/mol. The molecule has 4 heteroatoms. The Balaban J connectivity index is 2.02. The van der Waals surface area contributed by atoms with Crippen LogP contribution in [-0.4, -0.2) is 23.0 Å². The van der Waals surface area contributed by atoms with E-state index < -0.39 is 12.0 Å². The Morgan fingerprint density at radius 1 is 1.00 bits per heavy atom. The van der Waals surface area contributed by atoms with Gasteiger partial charge in [-0.15, -0.1) is 0 Å². The predicted octanol–water partition coefficient (Wildman–Crippen LogP) is 3.17. The predicted molar refractivity (Wildman–Crippen MR) is 93.8 cm³/mol. The molecule has 1 amide bonds. The molecule has 0 heterocycles. The summed E-state index contributed by atoms with van der Waals surface area (Å²) in [4.78, 5) is 23.8. The molecule has 0 unspecified atom stereocenters. The average Bonchev–Trinajstić information content (AvgIpc) is 2.55. The average molecular weight is 325 g/mol. The van der Waals surface area contributed by atoms with E-state index in [-0.39, 0.29) is 24.2 Å². The Morgan fingerprint density at radius 2 is 1.54 bits per heavy atom. The van der Waals surface area contributed by atoms with Gasteiger partial charge in [0.1, 0.15) is 6.04 Å². The second kappa shape index (κ2) is 7.77. The SMILES string of the molecule is CC(C)(CC(=O)N[C@@H](Cc1ccccc1)C(=O)O)c1ccccc1. The minimum absolute atomic E-state index is 0.232. The van der Waals surface area contributed by atoms with Crippen LogP contribution in [0.4, 0.5) is 0 Å². The van der Waals surface area contributed by atoms with E-state index in [9.17, 15) is 14.7 Å². The smallest absolute Gasteiger partial charge is 0.326 e. The number of nitrogens with one attached hydrogen (secondary N) is 1. The van der Waals surface area contributed by atoms with Crippen LogP contribution in [-0.2, 0) is 21.4 Å². The van der Waals surface area contributed by atoms with Gasteiger partial charge in [-0.1, -0.05) is 74.5 Å². The Hall–Kier alpha value is -2.62. The van der Waals surface area contributed by atoms with Crippen molar-refractivity contribution < 1.29 is 14.7 Å². The van der Waals surface area contributed by atoms with E-state index in [2.05, 4.69) is 5.32 Å². The van der Waals surface area contributed by atoms with Crippen molar-refractivity contribution in [3.63, 3.8) is 0 Å². The van der Waals surface area contributed by atoms with Gasteiger partial charge >= 0.3 is 5.97 Å². The van der Waals surface area contributed by atoms with Gasteiger partial charge in [0.15, 0.2) is 0 Å². The van der Waals surface area contributed by atoms with Crippen molar-refractivity contribution in [2.45, 2.75) is 38.1 Å². The Labute approximate surface area is 142 Å². The number of benzene rings is 2. The fourth-order valence-electron chi connectivity index (χ4n) is 2.69. The molecule has 0 aliphatic carbocycles. The summed E-state index contributed by atoms with van der Waals surface area (Å²) in [5.74, 6) is -1.28. The first kappa shape index (κ1) is 17.7. The largest absolute Gasteiger partial charge is 0.480 e. The van der Waals surface area contributed by atoms with Crippen LogP contribution in [0, 0.1) is 0 Å². The highest BCUT2D eigenvalue weighted by Gasteiger charge is 2.27. The molecule has 0 bridgehead atoms. The van der Waals surface area contributed by atoms with E-state index in [0.29, 0.717) is 0 Å². The highest BCUT2D eigenvalue weighted by molar-refractivity contribution is 5.84. The van der Waals surface area contributed by atoms with Crippen LogP contribution >= 0.6 is 0 Å². The number of rotatable bonds is 7. The molecule has 0 aliphatic heterocycles. The molecule has 0 aliphatic rings. The molecule has 0 saturated heterocycles. The van der Waals surface area contributed by atoms with E-state index in [0.717, 1.165) is 11.1 Å². The highest BCUT2D eigenvalue weighted by Crippen LogP contribution is 2.26. The molecular weight excluding hydrogens is 302 g/mol. The second-order valence-corrected chi connectivity index (χ2v) is 6.57. The van der Waals surface area contributed by atoms with Crippen molar-refractivity contribution in [3.8, 4) is 0 Å². The lowest BCUT2D eigenvalue weighted by Gasteiger charge is -2.25. The summed E-state index contributed by atoms with van der Waals surface area (Å²) in [5, 5.41) is 12.0. The summed E-state index contributed by atoms with van der Waals surface area (Å²) in [6, 6.07) is 18.1. The first-order valence-electron chi connectivity index (χ1n) is 8.00. The Bertz CT molecular complexity index is 681. The van der Waals surface area contributed by atoms with Gasteiger partial charge in [0.25, 0.3) is 0 Å². The Morgan fingerprint density at radius 3 is 2.08 bits per heavy atom. The quantitative estimate of drug-likeness (QED) is 0.822. The topological polar surface area (TPSA) is 66.4 Å². The maximum absolute atomic E-state index is 12.4. The summed E-state index contributed by atoms with van der Waals surface area (Å²) < 4.78 is 0. The zero-order valence-corrected chi connectivity index (χ0v) is 14.0. The van der Waals surface area contributed by atoms with E-state index in [4.69, 9.17) is 0 Å². The van der Waals surface area contributed by atoms with Crippen molar-refractivity contribution in [1.82, 2.24) is 5.32 Å². The van der Waals surface area contributed by atoms with Crippen LogP contribution in [0.5, 0.6) is 0 Å². The summed E-state index contributed by atoms with van der Waals surface area (Å²) in [7, 11) is 0. The summed E-state index contributed by atoms with van der Waals surface area (Å²) >= 11 is 0. The summed E-state index contributed by atoms with van der Waals surface area (Å²) in [5.41, 5.74) is 1.57. The lowest BCUT2D eigenvalue weighted by molar-refractivity contribution is -0.142. The fourth-order valence-corrected chi connectivity index (χ4v) is 2.69. The van der Waals surface area contributed by atoms with Crippen LogP contribution in [0.25, 0.3) is 0 Å². The van der Waals surface area contributed by atoms with Crippen LogP contribution in [0.2, 0.25) is 0 Å². The van der Waals surface area contributed by atoms with Gasteiger partial charge in [-0.3, -0.25) is 4.79 Å². The zero-order valence-electron chi connectivity index (χ0n) is 14.0. The van der Waals surface area contributed by atoms with Crippen molar-refractivity contribution in [3.05, 3.63) is 71.8 Å². The molecule has 24 heavy (non-hydrogen) atoms. The van der Waals surface area contributed by atoms with Crippen molar-refractivity contribution in [1.29, 1.82) is 0 Å². The van der Waals surface area contributed by atoms with Gasteiger partial charge in [-0.05, 0) is 16.5 Å². The zero-order chi connectivity index (χ0) is 17.6. The molecule has 0 radical (unpaired) electrons. The standard InChI is InChI=1S/C20H23NO3/c1-20(2,16-11-7-4-8-12-16)14-18(22)21-17(19(23)24)13-15-9-5-3-6-10-15/h3-12,17H,13-14H2,1-2H3,(H,21,22)(H,23,24)/t17-/m0/s1. The molecule has 2 N–H and O–H groups in total. The molecule has 2 aromatic carbocycles. The number of hydrogen-bond acceptors (Lipinski definition) is 2. The van der Waals surface area contributed by atoms with Crippen molar-refractivity contribution in [2.75, 3.05) is 0 Å². The molecule has 1 atom stereocenters. The van der Waals surface area contributed by atoms with Crippen LogP contribution in [0.3, 0.4) is 0 Å². The van der Waals surface area contributed by atoms with Gasteiger partial charge in [-0.2, -0.15) is 0 Å². The van der Waals surface area contributed by atoms with Gasteiger partial charge in [0.2, 0.25) is 5.91 Å². The van der Waals surface area contributed by atoms with E-state index in [1.165, 1.54) is 0 Å². The number of aliphatic carboxylic acids is 1. The lowest BCUT2D eigenvalue weighted by Crippen LogP contribution is -2.44. The number of carboxylic acids is 1. The second-order valence-electron chi connectivity index (χ2n) is 6.57. The molecule has 4 nitrogen and oxygen atoms in total. The van der Waals surface area contributed by atoms with E-state index >= 15 is 0 Å². The molecule has 0 fully saturated rings. The van der Waals surface area contributed by atoms with Crippen LogP contribution in [0.1, 0.15) is 31.4 Å². The molecule has 126 valence electrons. The van der Waals surface area contributed by atoms with Crippen molar-refractivity contribution >= 4 is 11.9 Å². The van der Waals surface area contributed by atoms with Gasteiger partial charge in [0, 0.05) is 12.8 Å². The summed E-state index contributed by atoms with van der Waals surface area (Å²) in [6.07, 6.45) is 0.503. The van der Waals surface area contributed by atoms with Gasteiger partial charge in [0.05, 0.1) is 0 Å². The molecule has 0 aromatic heterocycles. The fraction of sp³-hybridized carbons (Fsp3) is 0.300. The third kappa shape index (κ3) is 4.95. The number of amides is 1. The normalized spacial score (nSPS) is 12.4. The van der Waals surface area contributed by atoms with Crippen molar-refractivity contribution in [2.24, 2.45) is 0 Å².